The first-order valence-electron chi connectivity index (χ1n) is 12.8. The lowest BCUT2D eigenvalue weighted by Gasteiger charge is -2.35. The molecule has 10 nitrogen and oxygen atoms in total. The normalized spacial score (nSPS) is 16.1. The van der Waals surface area contributed by atoms with Gasteiger partial charge in [0.05, 0.1) is 38.4 Å². The Balaban J connectivity index is 1.53. The molecular weight excluding hydrogens is 505 g/mol. The molecule has 1 aliphatic carbocycles. The Hall–Kier alpha value is -4.12. The molecule has 1 amide bonds. The van der Waals surface area contributed by atoms with Gasteiger partial charge in [-0.2, -0.15) is 5.10 Å². The minimum Gasteiger partial charge on any atom is -0.497 e. The van der Waals surface area contributed by atoms with Crippen molar-refractivity contribution in [3.05, 3.63) is 57.6 Å². The van der Waals surface area contributed by atoms with Crippen LogP contribution < -0.4 is 30.0 Å². The summed E-state index contributed by atoms with van der Waals surface area (Å²) < 4.78 is 33.8. The van der Waals surface area contributed by atoms with Crippen LogP contribution in [0.15, 0.2) is 40.4 Å². The number of halogens is 1. The van der Waals surface area contributed by atoms with Crippen LogP contribution in [-0.2, 0) is 0 Å². The summed E-state index contributed by atoms with van der Waals surface area (Å²) in [6.45, 7) is 2.85. The standard InChI is InChI=1S/C28H32FN5O5/c1-32-9-11-33(12-10-32)25-22(29)14-20-24(27(25)39-4)34(18-5-6-18)16-21(26(20)35)28(36)31-30-15-17-13-19(37-2)7-8-23(17)38-3/h7-8,13-16,18H,5-6,9-12H2,1-4H3,(H,31,36)/b30-15-. The summed E-state index contributed by atoms with van der Waals surface area (Å²) >= 11 is 0. The predicted octanol–water partition coefficient (Wildman–Crippen LogP) is 3.02. The highest BCUT2D eigenvalue weighted by atomic mass is 19.1. The van der Waals surface area contributed by atoms with E-state index in [4.69, 9.17) is 14.2 Å². The molecule has 2 fully saturated rings. The third kappa shape index (κ3) is 5.14. The first-order chi connectivity index (χ1) is 18.9. The summed E-state index contributed by atoms with van der Waals surface area (Å²) in [5.74, 6) is 0.196. The number of likely N-dealkylation sites (N-methyl/N-ethyl adjacent to an activating group) is 1. The van der Waals surface area contributed by atoms with Crippen LogP contribution in [0.2, 0.25) is 0 Å². The first-order valence-corrected chi connectivity index (χ1v) is 12.8. The molecule has 5 rings (SSSR count). The Labute approximate surface area is 225 Å². The molecule has 0 atom stereocenters. The molecule has 2 aromatic carbocycles. The van der Waals surface area contributed by atoms with Crippen molar-refractivity contribution in [2.75, 3.05) is 59.5 Å². The van der Waals surface area contributed by atoms with Gasteiger partial charge in [-0.1, -0.05) is 0 Å². The van der Waals surface area contributed by atoms with E-state index < -0.39 is 17.2 Å². The fraction of sp³-hybridized carbons (Fsp3) is 0.393. The van der Waals surface area contributed by atoms with Crippen molar-refractivity contribution >= 4 is 28.7 Å². The number of methoxy groups -OCH3 is 3. The topological polar surface area (TPSA) is 97.6 Å². The molecule has 2 aliphatic rings. The van der Waals surface area contributed by atoms with Crippen LogP contribution in [0.4, 0.5) is 10.1 Å². The van der Waals surface area contributed by atoms with Crippen molar-refractivity contribution in [3.8, 4) is 17.2 Å². The second-order valence-electron chi connectivity index (χ2n) is 9.74. The van der Waals surface area contributed by atoms with Crippen LogP contribution in [0.25, 0.3) is 10.9 Å². The van der Waals surface area contributed by atoms with Crippen molar-refractivity contribution in [2.45, 2.75) is 18.9 Å². The number of nitrogens with one attached hydrogen (secondary N) is 1. The van der Waals surface area contributed by atoms with Crippen LogP contribution in [-0.4, -0.2) is 76.1 Å². The van der Waals surface area contributed by atoms with Gasteiger partial charge in [-0.25, -0.2) is 9.82 Å². The molecule has 3 aromatic rings. The van der Waals surface area contributed by atoms with Crippen molar-refractivity contribution in [1.82, 2.24) is 14.9 Å². The van der Waals surface area contributed by atoms with Crippen LogP contribution >= 0.6 is 0 Å². The average molecular weight is 538 g/mol. The van der Waals surface area contributed by atoms with Crippen molar-refractivity contribution in [2.24, 2.45) is 5.10 Å². The largest absolute Gasteiger partial charge is 0.497 e. The van der Waals surface area contributed by atoms with Crippen LogP contribution in [0.1, 0.15) is 34.8 Å². The smallest absolute Gasteiger partial charge is 0.276 e. The van der Waals surface area contributed by atoms with Gasteiger partial charge >= 0.3 is 0 Å². The number of ether oxygens (including phenoxy) is 3. The maximum Gasteiger partial charge on any atom is 0.276 e. The van der Waals surface area contributed by atoms with Gasteiger partial charge in [-0.15, -0.1) is 0 Å². The number of rotatable bonds is 8. The van der Waals surface area contributed by atoms with Gasteiger partial charge in [0, 0.05) is 44.0 Å². The van der Waals surface area contributed by atoms with E-state index in [0.29, 0.717) is 47.1 Å². The number of benzene rings is 2. The van der Waals surface area contributed by atoms with Gasteiger partial charge in [-0.05, 0) is 44.2 Å². The van der Waals surface area contributed by atoms with Gasteiger partial charge in [-0.3, -0.25) is 9.59 Å². The number of carbonyl (C=O) groups is 1. The van der Waals surface area contributed by atoms with Gasteiger partial charge in [0.25, 0.3) is 5.91 Å². The molecule has 2 heterocycles. The first kappa shape index (κ1) is 26.5. The van der Waals surface area contributed by atoms with Crippen LogP contribution in [0.5, 0.6) is 17.2 Å². The molecule has 1 N–H and O–H groups in total. The summed E-state index contributed by atoms with van der Waals surface area (Å²) in [6.07, 6.45) is 4.71. The summed E-state index contributed by atoms with van der Waals surface area (Å²) in [5, 5.41) is 4.13. The number of amides is 1. The Kier molecular flexibility index (Phi) is 7.42. The van der Waals surface area contributed by atoms with E-state index in [1.807, 2.05) is 16.5 Å². The van der Waals surface area contributed by atoms with E-state index in [2.05, 4.69) is 15.4 Å². The Morgan fingerprint density at radius 2 is 1.82 bits per heavy atom. The zero-order valence-corrected chi connectivity index (χ0v) is 22.5. The highest BCUT2D eigenvalue weighted by Gasteiger charge is 2.32. The fourth-order valence-electron chi connectivity index (χ4n) is 4.92. The lowest BCUT2D eigenvalue weighted by molar-refractivity contribution is 0.0953. The summed E-state index contributed by atoms with van der Waals surface area (Å²) in [6, 6.07) is 6.49. The zero-order valence-electron chi connectivity index (χ0n) is 22.5. The second kappa shape index (κ2) is 10.9. The number of hydrogen-bond acceptors (Lipinski definition) is 8. The van der Waals surface area contributed by atoms with Crippen molar-refractivity contribution in [1.29, 1.82) is 0 Å². The number of fused-ring (bicyclic) bond motifs is 1. The Bertz CT molecular complexity index is 1490. The van der Waals surface area contributed by atoms with Crippen LogP contribution in [0.3, 0.4) is 0 Å². The van der Waals surface area contributed by atoms with Crippen LogP contribution in [0, 0.1) is 5.82 Å². The van der Waals surface area contributed by atoms with Gasteiger partial charge in [0.15, 0.2) is 11.6 Å². The lowest BCUT2D eigenvalue weighted by Crippen LogP contribution is -2.45. The fourth-order valence-corrected chi connectivity index (χ4v) is 4.92. The van der Waals surface area contributed by atoms with Crippen molar-refractivity contribution < 1.29 is 23.4 Å². The molecule has 1 saturated heterocycles. The Morgan fingerprint density at radius 1 is 1.08 bits per heavy atom. The molecule has 11 heteroatoms. The average Bonchev–Trinajstić information content (AvgIpc) is 3.79. The maximum absolute atomic E-state index is 15.6. The summed E-state index contributed by atoms with van der Waals surface area (Å²) in [5.41, 5.74) is 3.13. The number of hydrogen-bond donors (Lipinski definition) is 1. The molecule has 1 aliphatic heterocycles. The number of aromatic nitrogens is 1. The van der Waals surface area contributed by atoms with E-state index >= 15 is 4.39 Å². The molecule has 1 saturated carbocycles. The van der Waals surface area contributed by atoms with Crippen molar-refractivity contribution in [3.63, 3.8) is 0 Å². The molecule has 1 aromatic heterocycles. The number of anilines is 1. The van der Waals surface area contributed by atoms with Gasteiger partial charge in [0.2, 0.25) is 5.43 Å². The molecule has 0 unspecified atom stereocenters. The minimum atomic E-state index is -0.697. The zero-order chi connectivity index (χ0) is 27.7. The summed E-state index contributed by atoms with van der Waals surface area (Å²) in [7, 11) is 6.58. The molecule has 0 radical (unpaired) electrons. The predicted molar refractivity (Wildman–Crippen MR) is 147 cm³/mol. The number of carbonyl (C=O) groups excluding carboxylic acids is 1. The van der Waals surface area contributed by atoms with E-state index in [1.54, 1.807) is 25.3 Å². The second-order valence-corrected chi connectivity index (χ2v) is 9.74. The third-order valence-electron chi connectivity index (χ3n) is 7.21. The lowest BCUT2D eigenvalue weighted by atomic mass is 10.1. The molecular formula is C28H32FN5O5. The maximum atomic E-state index is 15.6. The van der Waals surface area contributed by atoms with E-state index in [0.717, 1.165) is 25.9 Å². The van der Waals surface area contributed by atoms with E-state index in [-0.39, 0.29) is 17.0 Å². The van der Waals surface area contributed by atoms with E-state index in [9.17, 15) is 9.59 Å². The highest BCUT2D eigenvalue weighted by Crippen LogP contribution is 2.43. The third-order valence-corrected chi connectivity index (χ3v) is 7.21. The molecule has 0 bridgehead atoms. The number of piperazine rings is 1. The Morgan fingerprint density at radius 3 is 2.46 bits per heavy atom. The number of hydrazone groups is 1. The monoisotopic (exact) mass is 537 g/mol. The summed E-state index contributed by atoms with van der Waals surface area (Å²) in [4.78, 5) is 30.8. The highest BCUT2D eigenvalue weighted by molar-refractivity contribution is 6.00. The number of pyridine rings is 1. The minimum absolute atomic E-state index is 0.0869. The molecule has 0 spiro atoms. The molecule has 39 heavy (non-hydrogen) atoms. The van der Waals surface area contributed by atoms with Gasteiger partial charge in [0.1, 0.15) is 22.7 Å². The quantitative estimate of drug-likeness (QED) is 0.349. The van der Waals surface area contributed by atoms with Gasteiger partial charge < -0.3 is 28.6 Å². The number of nitrogens with zero attached hydrogens (tertiary/aromatic N) is 4. The SMILES string of the molecule is COc1ccc(OC)c(/C=N\NC(=O)c2cn(C3CC3)c3c(OC)c(N4CCN(C)CC4)c(F)cc3c2=O)c1. The molecule has 206 valence electrons. The van der Waals surface area contributed by atoms with E-state index in [1.165, 1.54) is 32.7 Å².